The molecule has 1 spiro atoms. The van der Waals surface area contributed by atoms with Crippen LogP contribution in [0.25, 0.3) is 0 Å². The first-order chi connectivity index (χ1) is 18.0. The van der Waals surface area contributed by atoms with Crippen LogP contribution in [0.5, 0.6) is 5.75 Å². The number of aromatic nitrogens is 1. The Morgan fingerprint density at radius 2 is 1.74 bits per heavy atom. The molecular formula is C26H20ClF3N4O4. The highest BCUT2D eigenvalue weighted by Crippen LogP contribution is 2.49. The molecule has 38 heavy (non-hydrogen) atoms. The maximum atomic E-state index is 13.3. The van der Waals surface area contributed by atoms with Crippen LogP contribution in [-0.2, 0) is 11.3 Å². The number of urea groups is 1. The lowest BCUT2D eigenvalue weighted by Crippen LogP contribution is -2.36. The Kier molecular flexibility index (Phi) is 6.26. The molecule has 0 N–H and O–H groups in total. The molecular weight excluding hydrogens is 525 g/mol. The highest BCUT2D eigenvalue weighted by atomic mass is 35.5. The average Bonchev–Trinajstić information content (AvgIpc) is 3.66. The van der Waals surface area contributed by atoms with Crippen molar-refractivity contribution in [2.45, 2.75) is 31.3 Å². The van der Waals surface area contributed by atoms with Crippen LogP contribution in [-0.4, -0.2) is 46.7 Å². The maximum Gasteiger partial charge on any atom is 0.573 e. The Labute approximate surface area is 220 Å². The fourth-order valence-electron chi connectivity index (χ4n) is 4.39. The zero-order valence-corrected chi connectivity index (χ0v) is 20.7. The fraction of sp³-hybridized carbons (Fsp3) is 0.231. The van der Waals surface area contributed by atoms with Gasteiger partial charge in [-0.3, -0.25) is 14.6 Å². The van der Waals surface area contributed by atoms with Gasteiger partial charge in [0.1, 0.15) is 17.0 Å². The van der Waals surface area contributed by atoms with Crippen molar-refractivity contribution in [2.75, 3.05) is 16.8 Å². The number of nitrogens with zero attached hydrogens (tertiary/aromatic N) is 4. The molecule has 5 rings (SSSR count). The number of carbonyl (C=O) groups excluding carboxylic acids is 3. The molecule has 196 valence electrons. The van der Waals surface area contributed by atoms with E-state index in [1.165, 1.54) is 28.1 Å². The number of anilines is 2. The number of rotatable bonds is 6. The van der Waals surface area contributed by atoms with Gasteiger partial charge in [-0.2, -0.15) is 0 Å². The van der Waals surface area contributed by atoms with Gasteiger partial charge in [0.2, 0.25) is 0 Å². The van der Waals surface area contributed by atoms with Crippen molar-refractivity contribution in [1.82, 2.24) is 9.88 Å². The van der Waals surface area contributed by atoms with Gasteiger partial charge in [-0.1, -0.05) is 11.6 Å². The summed E-state index contributed by atoms with van der Waals surface area (Å²) in [4.78, 5) is 47.6. The molecule has 1 saturated carbocycles. The minimum Gasteiger partial charge on any atom is -0.406 e. The topological polar surface area (TPSA) is 83.0 Å². The molecule has 1 aliphatic heterocycles. The summed E-state index contributed by atoms with van der Waals surface area (Å²) in [6, 6.07) is 13.9. The molecule has 2 heterocycles. The molecule has 0 unspecified atom stereocenters. The van der Waals surface area contributed by atoms with Gasteiger partial charge < -0.3 is 14.5 Å². The first-order valence-electron chi connectivity index (χ1n) is 11.5. The van der Waals surface area contributed by atoms with Gasteiger partial charge in [0.15, 0.2) is 0 Å². The van der Waals surface area contributed by atoms with E-state index >= 15 is 0 Å². The lowest BCUT2D eigenvalue weighted by Gasteiger charge is -2.22. The Morgan fingerprint density at radius 3 is 2.34 bits per heavy atom. The molecule has 4 amide bonds. The molecule has 0 atom stereocenters. The van der Waals surface area contributed by atoms with E-state index in [1.807, 2.05) is 0 Å². The summed E-state index contributed by atoms with van der Waals surface area (Å²) >= 11 is 5.92. The summed E-state index contributed by atoms with van der Waals surface area (Å²) < 4.78 is 41.3. The van der Waals surface area contributed by atoms with Crippen LogP contribution in [0, 0.1) is 0 Å². The van der Waals surface area contributed by atoms with E-state index in [0.717, 1.165) is 17.0 Å². The number of halogens is 4. The van der Waals surface area contributed by atoms with Gasteiger partial charge in [-0.25, -0.2) is 9.69 Å². The van der Waals surface area contributed by atoms with Crippen LogP contribution in [0.3, 0.4) is 0 Å². The predicted molar refractivity (Wildman–Crippen MR) is 132 cm³/mol. The monoisotopic (exact) mass is 544 g/mol. The van der Waals surface area contributed by atoms with Gasteiger partial charge in [0, 0.05) is 30.5 Å². The number of hydrogen-bond donors (Lipinski definition) is 0. The van der Waals surface area contributed by atoms with Crippen LogP contribution in [0.15, 0.2) is 66.9 Å². The number of hydrogen-bond acceptors (Lipinski definition) is 5. The standard InChI is InChI=1S/C26H20ClF3N4O4/c1-32(18-4-2-17(27)3-5-18)22(35)21-14-16(10-13-31-21)15-33-24(37)34(23(36)25(33)11-12-25)19-6-8-20(9-7-19)38-26(28,29)30/h2-10,13-14H,11-12,15H2,1H3. The van der Waals surface area contributed by atoms with E-state index in [0.29, 0.717) is 29.1 Å². The Balaban J connectivity index is 1.35. The largest absolute Gasteiger partial charge is 0.573 e. The van der Waals surface area contributed by atoms with Gasteiger partial charge in [-0.15, -0.1) is 13.2 Å². The summed E-state index contributed by atoms with van der Waals surface area (Å²) in [5.74, 6) is -1.28. The zero-order chi connectivity index (χ0) is 27.2. The molecule has 0 radical (unpaired) electrons. The lowest BCUT2D eigenvalue weighted by molar-refractivity contribution is -0.274. The lowest BCUT2D eigenvalue weighted by atomic mass is 10.1. The first-order valence-corrected chi connectivity index (χ1v) is 11.9. The molecule has 3 aromatic rings. The zero-order valence-electron chi connectivity index (χ0n) is 19.9. The van der Waals surface area contributed by atoms with Crippen molar-refractivity contribution in [3.05, 3.63) is 83.1 Å². The van der Waals surface area contributed by atoms with E-state index < -0.39 is 29.6 Å². The predicted octanol–water partition coefficient (Wildman–Crippen LogP) is 5.41. The smallest absolute Gasteiger partial charge is 0.406 e. The van der Waals surface area contributed by atoms with E-state index in [9.17, 15) is 27.6 Å². The molecule has 2 aliphatic rings. The van der Waals surface area contributed by atoms with Crippen molar-refractivity contribution in [2.24, 2.45) is 0 Å². The highest BCUT2D eigenvalue weighted by Gasteiger charge is 2.65. The summed E-state index contributed by atoms with van der Waals surface area (Å²) in [6.07, 6.45) is -2.49. The average molecular weight is 545 g/mol. The molecule has 2 fully saturated rings. The third-order valence-corrected chi connectivity index (χ3v) is 6.75. The summed E-state index contributed by atoms with van der Waals surface area (Å²) in [5.41, 5.74) is 0.478. The normalized spacial score (nSPS) is 16.2. The fourth-order valence-corrected chi connectivity index (χ4v) is 4.51. The minimum absolute atomic E-state index is 0.0454. The summed E-state index contributed by atoms with van der Waals surface area (Å²) in [7, 11) is 1.60. The van der Waals surface area contributed by atoms with Crippen LogP contribution >= 0.6 is 11.6 Å². The third kappa shape index (κ3) is 4.76. The van der Waals surface area contributed by atoms with Gasteiger partial charge in [0.05, 0.1) is 5.69 Å². The van der Waals surface area contributed by atoms with Crippen molar-refractivity contribution >= 4 is 40.8 Å². The van der Waals surface area contributed by atoms with E-state index in [4.69, 9.17) is 11.6 Å². The van der Waals surface area contributed by atoms with Crippen LogP contribution in [0.1, 0.15) is 28.9 Å². The van der Waals surface area contributed by atoms with E-state index in [-0.39, 0.29) is 23.8 Å². The van der Waals surface area contributed by atoms with Crippen molar-refractivity contribution in [1.29, 1.82) is 0 Å². The molecule has 1 aromatic heterocycles. The molecule has 2 aromatic carbocycles. The molecule has 8 nitrogen and oxygen atoms in total. The number of benzene rings is 2. The quantitative estimate of drug-likeness (QED) is 0.387. The van der Waals surface area contributed by atoms with Gasteiger partial charge in [0.25, 0.3) is 11.8 Å². The van der Waals surface area contributed by atoms with Crippen molar-refractivity contribution in [3.8, 4) is 5.75 Å². The molecule has 1 aliphatic carbocycles. The third-order valence-electron chi connectivity index (χ3n) is 6.49. The molecule has 1 saturated heterocycles. The van der Waals surface area contributed by atoms with Crippen molar-refractivity contribution < 1.29 is 32.3 Å². The van der Waals surface area contributed by atoms with Crippen LogP contribution in [0.2, 0.25) is 5.02 Å². The summed E-state index contributed by atoms with van der Waals surface area (Å²) in [5, 5.41) is 0.535. The first kappa shape index (κ1) is 25.5. The number of alkyl halides is 3. The second kappa shape index (κ2) is 9.32. The molecule has 0 bridgehead atoms. The van der Waals surface area contributed by atoms with Crippen LogP contribution < -0.4 is 14.5 Å². The number of ether oxygens (including phenoxy) is 1. The molecule has 12 heteroatoms. The van der Waals surface area contributed by atoms with Gasteiger partial charge >= 0.3 is 12.4 Å². The Bertz CT molecular complexity index is 1410. The summed E-state index contributed by atoms with van der Waals surface area (Å²) in [6.45, 7) is 0.0454. The number of imide groups is 1. The van der Waals surface area contributed by atoms with Gasteiger partial charge in [-0.05, 0) is 79.1 Å². The Morgan fingerprint density at radius 1 is 1.08 bits per heavy atom. The van der Waals surface area contributed by atoms with E-state index in [2.05, 4.69) is 9.72 Å². The maximum absolute atomic E-state index is 13.3. The number of amides is 4. The Hall–Kier alpha value is -4.12. The SMILES string of the molecule is CN(C(=O)c1cc(CN2C(=O)N(c3ccc(OC(F)(F)F)cc3)C(=O)C23CC3)ccn1)c1ccc(Cl)cc1. The second-order valence-electron chi connectivity index (χ2n) is 8.97. The second-order valence-corrected chi connectivity index (χ2v) is 9.41. The number of carbonyl (C=O) groups is 3. The van der Waals surface area contributed by atoms with E-state index in [1.54, 1.807) is 43.4 Å². The minimum atomic E-state index is -4.86. The van der Waals surface area contributed by atoms with Crippen molar-refractivity contribution in [3.63, 3.8) is 0 Å². The highest BCUT2D eigenvalue weighted by molar-refractivity contribution is 6.30. The van der Waals surface area contributed by atoms with Crippen LogP contribution in [0.4, 0.5) is 29.3 Å². The number of pyridine rings is 1.